The summed E-state index contributed by atoms with van der Waals surface area (Å²) in [4.78, 5) is 35.6. The standard InChI is InChI=1S/C28H30ClN5O3S/c1-19-25(27(36)32-20-7-3-2-4-8-20)26(22-9-5-6-10-23(22)29)34-21(18-38-28(34)31-19)17-24(35)30-11-12-33-13-15-37-16-14-33/h2-10,18,26H,11-17H2,1H3,(H,30,35)(H,32,36). The van der Waals surface area contributed by atoms with Crippen molar-refractivity contribution in [2.24, 2.45) is 4.99 Å². The van der Waals surface area contributed by atoms with Gasteiger partial charge in [0, 0.05) is 42.6 Å². The Morgan fingerprint density at radius 3 is 2.61 bits per heavy atom. The van der Waals surface area contributed by atoms with Gasteiger partial charge in [-0.05, 0) is 36.1 Å². The third kappa shape index (κ3) is 5.96. The van der Waals surface area contributed by atoms with E-state index in [1.165, 1.54) is 11.8 Å². The molecule has 2 N–H and O–H groups in total. The molecule has 198 valence electrons. The minimum Gasteiger partial charge on any atom is -0.379 e. The molecule has 38 heavy (non-hydrogen) atoms. The van der Waals surface area contributed by atoms with Gasteiger partial charge in [0.05, 0.1) is 36.9 Å². The molecule has 0 spiro atoms. The zero-order valence-electron chi connectivity index (χ0n) is 21.2. The minimum absolute atomic E-state index is 0.0779. The molecule has 8 nitrogen and oxygen atoms in total. The number of carbonyl (C=O) groups is 2. The maximum Gasteiger partial charge on any atom is 0.255 e. The van der Waals surface area contributed by atoms with Crippen molar-refractivity contribution in [3.63, 3.8) is 0 Å². The summed E-state index contributed by atoms with van der Waals surface area (Å²) < 4.78 is 5.39. The van der Waals surface area contributed by atoms with E-state index in [-0.39, 0.29) is 18.2 Å². The number of allylic oxidation sites excluding steroid dienone is 1. The highest BCUT2D eigenvalue weighted by Gasteiger charge is 2.41. The van der Waals surface area contributed by atoms with Crippen molar-refractivity contribution >= 4 is 46.0 Å². The summed E-state index contributed by atoms with van der Waals surface area (Å²) in [6.07, 6.45) is 0.169. The number of amidine groups is 1. The van der Waals surface area contributed by atoms with Crippen LogP contribution in [0.2, 0.25) is 5.02 Å². The van der Waals surface area contributed by atoms with Gasteiger partial charge in [0.25, 0.3) is 5.91 Å². The molecule has 0 aliphatic carbocycles. The molecule has 0 saturated carbocycles. The molecule has 5 rings (SSSR count). The van der Waals surface area contributed by atoms with Gasteiger partial charge in [0.1, 0.15) is 0 Å². The Kier molecular flexibility index (Phi) is 8.48. The number of anilines is 1. The predicted molar refractivity (Wildman–Crippen MR) is 152 cm³/mol. The maximum absolute atomic E-state index is 13.7. The highest BCUT2D eigenvalue weighted by molar-refractivity contribution is 8.16. The van der Waals surface area contributed by atoms with E-state index < -0.39 is 6.04 Å². The molecule has 10 heteroatoms. The number of benzene rings is 2. The number of morpholine rings is 1. The summed E-state index contributed by atoms with van der Waals surface area (Å²) in [5, 5.41) is 9.25. The summed E-state index contributed by atoms with van der Waals surface area (Å²) in [7, 11) is 0. The molecule has 0 bridgehead atoms. The van der Waals surface area contributed by atoms with E-state index in [1.54, 1.807) is 0 Å². The third-order valence-electron chi connectivity index (χ3n) is 6.67. The van der Waals surface area contributed by atoms with Gasteiger partial charge < -0.3 is 20.3 Å². The average Bonchev–Trinajstić information content (AvgIpc) is 3.31. The minimum atomic E-state index is -0.526. The number of hydrogen-bond donors (Lipinski definition) is 2. The number of aliphatic imine (C=N–C) groups is 1. The number of nitrogens with zero attached hydrogens (tertiary/aromatic N) is 3. The van der Waals surface area contributed by atoms with E-state index in [0.717, 1.165) is 49.3 Å². The number of ether oxygens (including phenoxy) is 1. The van der Waals surface area contributed by atoms with Crippen molar-refractivity contribution in [2.75, 3.05) is 44.7 Å². The van der Waals surface area contributed by atoms with E-state index in [2.05, 4.69) is 15.5 Å². The van der Waals surface area contributed by atoms with Gasteiger partial charge in [0.15, 0.2) is 5.17 Å². The molecule has 2 aromatic carbocycles. The zero-order chi connectivity index (χ0) is 26.5. The summed E-state index contributed by atoms with van der Waals surface area (Å²) in [5.41, 5.74) is 3.36. The maximum atomic E-state index is 13.7. The number of thioether (sulfide) groups is 1. The topological polar surface area (TPSA) is 86.3 Å². The van der Waals surface area contributed by atoms with Crippen LogP contribution in [0.4, 0.5) is 5.69 Å². The predicted octanol–water partition coefficient (Wildman–Crippen LogP) is 4.39. The first-order valence-electron chi connectivity index (χ1n) is 12.6. The van der Waals surface area contributed by atoms with Crippen molar-refractivity contribution in [1.29, 1.82) is 0 Å². The number of hydrogen-bond acceptors (Lipinski definition) is 7. The van der Waals surface area contributed by atoms with E-state index in [9.17, 15) is 9.59 Å². The monoisotopic (exact) mass is 551 g/mol. The molecule has 1 atom stereocenters. The molecule has 2 amide bonds. The van der Waals surface area contributed by atoms with Crippen molar-refractivity contribution in [2.45, 2.75) is 19.4 Å². The van der Waals surface area contributed by atoms with Gasteiger partial charge >= 0.3 is 0 Å². The summed E-state index contributed by atoms with van der Waals surface area (Å²) >= 11 is 8.13. The summed E-state index contributed by atoms with van der Waals surface area (Å²) in [5.74, 6) is -0.335. The van der Waals surface area contributed by atoms with Crippen molar-refractivity contribution in [1.82, 2.24) is 15.1 Å². The third-order valence-corrected chi connectivity index (χ3v) is 7.91. The lowest BCUT2D eigenvalue weighted by atomic mass is 9.93. The molecule has 1 saturated heterocycles. The Labute approximate surface area is 231 Å². The Morgan fingerprint density at radius 1 is 1.11 bits per heavy atom. The highest BCUT2D eigenvalue weighted by atomic mass is 35.5. The van der Waals surface area contributed by atoms with Crippen molar-refractivity contribution < 1.29 is 14.3 Å². The van der Waals surface area contributed by atoms with Crippen LogP contribution in [0, 0.1) is 0 Å². The van der Waals surface area contributed by atoms with E-state index in [0.29, 0.717) is 28.5 Å². The fourth-order valence-electron chi connectivity index (χ4n) is 4.78. The number of rotatable bonds is 8. The first-order valence-corrected chi connectivity index (χ1v) is 13.9. The fourth-order valence-corrected chi connectivity index (χ4v) is 5.98. The van der Waals surface area contributed by atoms with Crippen LogP contribution >= 0.6 is 23.4 Å². The largest absolute Gasteiger partial charge is 0.379 e. The molecule has 3 aliphatic heterocycles. The smallest absolute Gasteiger partial charge is 0.255 e. The van der Waals surface area contributed by atoms with Crippen LogP contribution in [-0.4, -0.2) is 66.2 Å². The van der Waals surface area contributed by atoms with Gasteiger partial charge in [-0.3, -0.25) is 14.5 Å². The lowest BCUT2D eigenvalue weighted by Crippen LogP contribution is -2.42. The Balaban J connectivity index is 1.37. The van der Waals surface area contributed by atoms with Crippen LogP contribution in [0.25, 0.3) is 0 Å². The Bertz CT molecular complexity index is 1290. The quantitative estimate of drug-likeness (QED) is 0.506. The van der Waals surface area contributed by atoms with Crippen LogP contribution < -0.4 is 10.6 Å². The Hall–Kier alpha value is -3.11. The molecule has 3 aliphatic rings. The molecule has 0 aromatic heterocycles. The van der Waals surface area contributed by atoms with E-state index >= 15 is 0 Å². The summed E-state index contributed by atoms with van der Waals surface area (Å²) in [6, 6.07) is 16.3. The average molecular weight is 552 g/mol. The van der Waals surface area contributed by atoms with Gasteiger partial charge in [0.2, 0.25) is 5.91 Å². The lowest BCUT2D eigenvalue weighted by Gasteiger charge is -2.37. The molecule has 3 heterocycles. The number of halogens is 1. The van der Waals surface area contributed by atoms with Crippen LogP contribution in [-0.2, 0) is 14.3 Å². The van der Waals surface area contributed by atoms with Crippen LogP contribution in [0.3, 0.4) is 0 Å². The van der Waals surface area contributed by atoms with Crippen molar-refractivity contribution in [3.05, 3.63) is 87.6 Å². The number of amides is 2. The molecule has 1 fully saturated rings. The number of para-hydroxylation sites is 1. The van der Waals surface area contributed by atoms with Gasteiger partial charge in [-0.15, -0.1) is 0 Å². The van der Waals surface area contributed by atoms with Gasteiger partial charge in [-0.1, -0.05) is 59.8 Å². The molecular formula is C28H30ClN5O3S. The highest BCUT2D eigenvalue weighted by Crippen LogP contribution is 2.46. The first-order chi connectivity index (χ1) is 18.5. The normalized spacial score (nSPS) is 19.5. The van der Waals surface area contributed by atoms with E-state index in [4.69, 9.17) is 21.3 Å². The van der Waals surface area contributed by atoms with Crippen LogP contribution in [0.15, 0.2) is 82.0 Å². The zero-order valence-corrected chi connectivity index (χ0v) is 22.7. The van der Waals surface area contributed by atoms with Crippen LogP contribution in [0.1, 0.15) is 24.9 Å². The fraction of sp³-hybridized carbons (Fsp3) is 0.321. The van der Waals surface area contributed by atoms with Crippen molar-refractivity contribution in [3.8, 4) is 0 Å². The Morgan fingerprint density at radius 2 is 1.84 bits per heavy atom. The second-order valence-corrected chi connectivity index (χ2v) is 10.5. The van der Waals surface area contributed by atoms with Crippen LogP contribution in [0.5, 0.6) is 0 Å². The molecule has 0 radical (unpaired) electrons. The van der Waals surface area contributed by atoms with Gasteiger partial charge in [-0.2, -0.15) is 0 Å². The number of fused-ring (bicyclic) bond motifs is 1. The second-order valence-electron chi connectivity index (χ2n) is 9.22. The SMILES string of the molecule is CC1=C(C(=O)Nc2ccccc2)C(c2ccccc2Cl)N2C(CC(=O)NCCN3CCOCC3)=CSC2=N1. The molecule has 1 unspecified atom stereocenters. The second kappa shape index (κ2) is 12.2. The summed E-state index contributed by atoms with van der Waals surface area (Å²) in [6.45, 7) is 6.40. The lowest BCUT2D eigenvalue weighted by molar-refractivity contribution is -0.120. The number of nitrogens with one attached hydrogen (secondary N) is 2. The first kappa shape index (κ1) is 26.5. The number of carbonyl (C=O) groups excluding carboxylic acids is 2. The molecular weight excluding hydrogens is 522 g/mol. The molecule has 2 aromatic rings. The van der Waals surface area contributed by atoms with E-state index in [1.807, 2.05) is 71.8 Å². The van der Waals surface area contributed by atoms with Gasteiger partial charge in [-0.25, -0.2) is 4.99 Å².